The quantitative estimate of drug-likeness (QED) is 0.793. The maximum absolute atomic E-state index is 12.5. The van der Waals surface area contributed by atoms with E-state index in [1.165, 1.54) is 4.31 Å². The molecule has 0 aliphatic heterocycles. The van der Waals surface area contributed by atoms with Gasteiger partial charge in [-0.3, -0.25) is 0 Å². The molecule has 4 nitrogen and oxygen atoms in total. The van der Waals surface area contributed by atoms with Gasteiger partial charge in [0.05, 0.1) is 4.90 Å². The van der Waals surface area contributed by atoms with Crippen molar-refractivity contribution in [3.05, 3.63) is 42.5 Å². The predicted molar refractivity (Wildman–Crippen MR) is 71.4 cm³/mol. The van der Waals surface area contributed by atoms with Crippen LogP contribution in [-0.4, -0.2) is 25.3 Å². The summed E-state index contributed by atoms with van der Waals surface area (Å²) in [5, 5.41) is 0. The van der Waals surface area contributed by atoms with Crippen molar-refractivity contribution in [1.82, 2.24) is 4.31 Å². The molecule has 0 heterocycles. The molecule has 0 unspecified atom stereocenters. The molecule has 0 spiro atoms. The van der Waals surface area contributed by atoms with Gasteiger partial charge in [0.2, 0.25) is 10.0 Å². The van der Waals surface area contributed by atoms with E-state index in [9.17, 15) is 8.42 Å². The van der Waals surface area contributed by atoms with Crippen molar-refractivity contribution in [2.75, 3.05) is 6.54 Å². The molecule has 18 heavy (non-hydrogen) atoms. The number of benzene rings is 1. The summed E-state index contributed by atoms with van der Waals surface area (Å²) < 4.78 is 26.4. The van der Waals surface area contributed by atoms with E-state index < -0.39 is 10.0 Å². The molecule has 0 radical (unpaired) electrons. The summed E-state index contributed by atoms with van der Waals surface area (Å²) in [7, 11) is -3.40. The second-order valence-electron chi connectivity index (χ2n) is 4.44. The molecule has 1 aliphatic carbocycles. The van der Waals surface area contributed by atoms with Crippen LogP contribution in [-0.2, 0) is 16.6 Å². The lowest BCUT2D eigenvalue weighted by atomic mass is 10.2. The summed E-state index contributed by atoms with van der Waals surface area (Å²) in [5.74, 6) is 0. The number of sulfonamides is 1. The highest BCUT2D eigenvalue weighted by molar-refractivity contribution is 7.89. The zero-order valence-electron chi connectivity index (χ0n) is 10.2. The average molecular weight is 266 g/mol. The van der Waals surface area contributed by atoms with Gasteiger partial charge in [0, 0.05) is 19.1 Å². The summed E-state index contributed by atoms with van der Waals surface area (Å²) >= 11 is 0. The Morgan fingerprint density at radius 3 is 2.39 bits per heavy atom. The third-order valence-electron chi connectivity index (χ3n) is 3.03. The number of hydrogen-bond acceptors (Lipinski definition) is 3. The van der Waals surface area contributed by atoms with Crippen molar-refractivity contribution < 1.29 is 8.42 Å². The van der Waals surface area contributed by atoms with Crippen molar-refractivity contribution in [3.8, 4) is 0 Å². The molecule has 5 heteroatoms. The van der Waals surface area contributed by atoms with Crippen LogP contribution in [0.5, 0.6) is 0 Å². The minimum Gasteiger partial charge on any atom is -0.326 e. The van der Waals surface area contributed by atoms with Crippen LogP contribution in [0.15, 0.2) is 41.8 Å². The van der Waals surface area contributed by atoms with Crippen molar-refractivity contribution in [2.45, 2.75) is 30.3 Å². The monoisotopic (exact) mass is 266 g/mol. The first-order valence-electron chi connectivity index (χ1n) is 6.01. The van der Waals surface area contributed by atoms with E-state index in [0.717, 1.165) is 18.4 Å². The van der Waals surface area contributed by atoms with E-state index in [1.807, 2.05) is 0 Å². The molecular weight excluding hydrogens is 248 g/mol. The van der Waals surface area contributed by atoms with Crippen molar-refractivity contribution >= 4 is 10.0 Å². The molecule has 1 aromatic rings. The second-order valence-corrected chi connectivity index (χ2v) is 6.33. The largest absolute Gasteiger partial charge is 0.326 e. The maximum atomic E-state index is 12.5. The molecule has 0 aromatic heterocycles. The first kappa shape index (κ1) is 13.3. The topological polar surface area (TPSA) is 63.4 Å². The number of nitrogens with two attached hydrogens (primary N) is 1. The molecule has 1 saturated carbocycles. The van der Waals surface area contributed by atoms with Crippen LogP contribution in [0.1, 0.15) is 18.4 Å². The van der Waals surface area contributed by atoms with Gasteiger partial charge in [-0.1, -0.05) is 18.2 Å². The summed E-state index contributed by atoms with van der Waals surface area (Å²) in [6.07, 6.45) is 3.51. The summed E-state index contributed by atoms with van der Waals surface area (Å²) in [6.45, 7) is 4.41. The Morgan fingerprint density at radius 1 is 1.33 bits per heavy atom. The van der Waals surface area contributed by atoms with Crippen LogP contribution < -0.4 is 5.73 Å². The Hall–Kier alpha value is -1.17. The molecule has 2 rings (SSSR count). The van der Waals surface area contributed by atoms with Gasteiger partial charge in [-0.05, 0) is 30.5 Å². The summed E-state index contributed by atoms with van der Waals surface area (Å²) in [4.78, 5) is 0.327. The van der Waals surface area contributed by atoms with Gasteiger partial charge in [-0.25, -0.2) is 8.42 Å². The van der Waals surface area contributed by atoms with Gasteiger partial charge in [-0.15, -0.1) is 6.58 Å². The standard InChI is InChI=1S/C13H18N2O2S/c1-2-9-15(12-5-6-12)18(16,17)13-7-3-11(10-14)4-8-13/h2-4,7-8,12H,1,5-6,9-10,14H2. The zero-order chi connectivity index (χ0) is 13.2. The lowest BCUT2D eigenvalue weighted by Crippen LogP contribution is -2.33. The van der Waals surface area contributed by atoms with E-state index in [4.69, 9.17) is 5.73 Å². The van der Waals surface area contributed by atoms with Gasteiger partial charge in [0.25, 0.3) is 0 Å². The number of nitrogens with zero attached hydrogens (tertiary/aromatic N) is 1. The highest BCUT2D eigenvalue weighted by Gasteiger charge is 2.37. The number of hydrogen-bond donors (Lipinski definition) is 1. The number of rotatable bonds is 6. The Bertz CT molecular complexity index is 518. The second kappa shape index (κ2) is 5.22. The summed E-state index contributed by atoms with van der Waals surface area (Å²) in [6, 6.07) is 6.89. The van der Waals surface area contributed by atoms with E-state index in [-0.39, 0.29) is 6.04 Å². The van der Waals surface area contributed by atoms with E-state index in [1.54, 1.807) is 30.3 Å². The normalized spacial score (nSPS) is 15.9. The van der Waals surface area contributed by atoms with Crippen LogP contribution in [0.25, 0.3) is 0 Å². The fourth-order valence-electron chi connectivity index (χ4n) is 1.87. The molecule has 0 bridgehead atoms. The third-order valence-corrected chi connectivity index (χ3v) is 4.96. The molecule has 0 saturated heterocycles. The van der Waals surface area contributed by atoms with Crippen LogP contribution in [0.3, 0.4) is 0 Å². The summed E-state index contributed by atoms with van der Waals surface area (Å²) in [5.41, 5.74) is 6.43. The Morgan fingerprint density at radius 2 is 1.94 bits per heavy atom. The first-order valence-corrected chi connectivity index (χ1v) is 7.45. The molecule has 1 aliphatic rings. The van der Waals surface area contributed by atoms with Crippen LogP contribution in [0.4, 0.5) is 0 Å². The SMILES string of the molecule is C=CCN(C1CC1)S(=O)(=O)c1ccc(CN)cc1. The Labute approximate surface area is 108 Å². The minimum atomic E-state index is -3.40. The highest BCUT2D eigenvalue weighted by atomic mass is 32.2. The lowest BCUT2D eigenvalue weighted by molar-refractivity contribution is 0.436. The molecule has 0 atom stereocenters. The lowest BCUT2D eigenvalue weighted by Gasteiger charge is -2.20. The van der Waals surface area contributed by atoms with E-state index >= 15 is 0 Å². The Kier molecular flexibility index (Phi) is 3.85. The van der Waals surface area contributed by atoms with Crippen molar-refractivity contribution in [1.29, 1.82) is 0 Å². The highest BCUT2D eigenvalue weighted by Crippen LogP contribution is 2.31. The first-order chi connectivity index (χ1) is 8.59. The Balaban J connectivity index is 2.29. The van der Waals surface area contributed by atoms with Crippen molar-refractivity contribution in [2.24, 2.45) is 5.73 Å². The molecule has 2 N–H and O–H groups in total. The zero-order valence-corrected chi connectivity index (χ0v) is 11.1. The fourth-order valence-corrected chi connectivity index (χ4v) is 3.52. The van der Waals surface area contributed by atoms with Crippen molar-refractivity contribution in [3.63, 3.8) is 0 Å². The average Bonchev–Trinajstić information content (AvgIpc) is 3.20. The van der Waals surface area contributed by atoms with Crippen LogP contribution in [0.2, 0.25) is 0 Å². The van der Waals surface area contributed by atoms with Crippen LogP contribution in [0, 0.1) is 0 Å². The molecule has 98 valence electrons. The maximum Gasteiger partial charge on any atom is 0.243 e. The molecular formula is C13H18N2O2S. The predicted octanol–water partition coefficient (Wildman–Crippen LogP) is 1.48. The van der Waals surface area contributed by atoms with E-state index in [2.05, 4.69) is 6.58 Å². The third kappa shape index (κ3) is 2.63. The van der Waals surface area contributed by atoms with Gasteiger partial charge >= 0.3 is 0 Å². The smallest absolute Gasteiger partial charge is 0.243 e. The van der Waals surface area contributed by atoms with Gasteiger partial charge in [0.1, 0.15) is 0 Å². The molecule has 1 aromatic carbocycles. The van der Waals surface area contributed by atoms with Gasteiger partial charge < -0.3 is 5.73 Å². The van der Waals surface area contributed by atoms with Crippen LogP contribution >= 0.6 is 0 Å². The molecule has 0 amide bonds. The van der Waals surface area contributed by atoms with Gasteiger partial charge in [-0.2, -0.15) is 4.31 Å². The molecule has 1 fully saturated rings. The van der Waals surface area contributed by atoms with E-state index in [0.29, 0.717) is 18.0 Å². The fraction of sp³-hybridized carbons (Fsp3) is 0.385. The minimum absolute atomic E-state index is 0.141. The van der Waals surface area contributed by atoms with Gasteiger partial charge in [0.15, 0.2) is 0 Å².